The fraction of sp³-hybridized carbons (Fsp3) is 0.208. The molecule has 0 unspecified atom stereocenters. The van der Waals surface area contributed by atoms with Crippen LogP contribution in [0.2, 0.25) is 0 Å². The van der Waals surface area contributed by atoms with Crippen LogP contribution in [0.1, 0.15) is 36.9 Å². The van der Waals surface area contributed by atoms with E-state index < -0.39 is 11.8 Å². The normalized spacial score (nSPS) is 11.5. The highest BCUT2D eigenvalue weighted by Crippen LogP contribution is 2.31. The number of carbonyl (C=O) groups is 1. The standard InChI is InChI=1S/C24H23FN4O3/c1-24(2,3)15-7-5-6-13(10-15)20-19(25)21(26)29-23(28-20)27-16-8-9-17-14(11-16)12-18(32-17)22(30)31-4/h5-12H,1-4H3,(H3,26,27,28,29). The number of nitrogens with zero attached hydrogens (tertiary/aromatic N) is 2. The average Bonchev–Trinajstić information content (AvgIpc) is 3.18. The summed E-state index contributed by atoms with van der Waals surface area (Å²) in [6.07, 6.45) is 0. The first kappa shape index (κ1) is 21.3. The average molecular weight is 434 g/mol. The monoisotopic (exact) mass is 434 g/mol. The molecule has 0 aliphatic heterocycles. The lowest BCUT2D eigenvalue weighted by Crippen LogP contribution is -2.11. The molecule has 4 rings (SSSR count). The summed E-state index contributed by atoms with van der Waals surface area (Å²) >= 11 is 0. The van der Waals surface area contributed by atoms with E-state index >= 15 is 0 Å². The van der Waals surface area contributed by atoms with E-state index in [1.165, 1.54) is 7.11 Å². The number of furan rings is 1. The van der Waals surface area contributed by atoms with Gasteiger partial charge in [0.25, 0.3) is 0 Å². The summed E-state index contributed by atoms with van der Waals surface area (Å²) in [5.41, 5.74) is 8.66. The molecule has 0 bridgehead atoms. The van der Waals surface area contributed by atoms with Crippen LogP contribution in [-0.4, -0.2) is 23.0 Å². The quantitative estimate of drug-likeness (QED) is 0.412. The molecule has 0 saturated carbocycles. The molecular formula is C24H23FN4O3. The Morgan fingerprint density at radius 3 is 2.62 bits per heavy atom. The maximum absolute atomic E-state index is 14.8. The first-order valence-electron chi connectivity index (χ1n) is 9.98. The van der Waals surface area contributed by atoms with E-state index in [4.69, 9.17) is 10.2 Å². The number of rotatable bonds is 4. The number of nitrogens with two attached hydrogens (primary N) is 1. The second kappa shape index (κ2) is 7.96. The molecule has 0 aliphatic carbocycles. The van der Waals surface area contributed by atoms with Gasteiger partial charge in [0.1, 0.15) is 11.3 Å². The van der Waals surface area contributed by atoms with Gasteiger partial charge in [0, 0.05) is 16.6 Å². The molecule has 32 heavy (non-hydrogen) atoms. The Morgan fingerprint density at radius 2 is 1.91 bits per heavy atom. The van der Waals surface area contributed by atoms with E-state index in [2.05, 4.69) is 40.8 Å². The predicted molar refractivity (Wildman–Crippen MR) is 121 cm³/mol. The molecular weight excluding hydrogens is 411 g/mol. The summed E-state index contributed by atoms with van der Waals surface area (Å²) in [4.78, 5) is 20.1. The lowest BCUT2D eigenvalue weighted by molar-refractivity contribution is 0.0567. The number of nitrogen functional groups attached to an aromatic ring is 1. The molecule has 164 valence electrons. The molecule has 2 aromatic carbocycles. The third-order valence-corrected chi connectivity index (χ3v) is 5.04. The maximum atomic E-state index is 14.8. The number of hydrogen-bond acceptors (Lipinski definition) is 7. The lowest BCUT2D eigenvalue weighted by atomic mass is 9.86. The van der Waals surface area contributed by atoms with Crippen LogP contribution in [0.25, 0.3) is 22.2 Å². The van der Waals surface area contributed by atoms with Crippen molar-refractivity contribution in [3.8, 4) is 11.3 Å². The van der Waals surface area contributed by atoms with Crippen LogP contribution in [0.3, 0.4) is 0 Å². The molecule has 3 N–H and O–H groups in total. The van der Waals surface area contributed by atoms with Crippen LogP contribution in [0.15, 0.2) is 52.9 Å². The number of halogens is 1. The first-order chi connectivity index (χ1) is 15.2. The first-order valence-corrected chi connectivity index (χ1v) is 9.98. The number of anilines is 3. The molecule has 2 aromatic heterocycles. The zero-order valence-corrected chi connectivity index (χ0v) is 18.2. The SMILES string of the molecule is COC(=O)c1cc2cc(Nc3nc(N)c(F)c(-c4cccc(C(C)(C)C)c4)n3)ccc2o1. The van der Waals surface area contributed by atoms with Gasteiger partial charge in [-0.25, -0.2) is 14.2 Å². The van der Waals surface area contributed by atoms with Gasteiger partial charge in [-0.05, 0) is 41.3 Å². The Hall–Kier alpha value is -3.94. The van der Waals surface area contributed by atoms with E-state index in [-0.39, 0.29) is 28.6 Å². The molecule has 4 aromatic rings. The topological polar surface area (TPSA) is 103 Å². The van der Waals surface area contributed by atoms with Crippen molar-refractivity contribution in [2.75, 3.05) is 18.2 Å². The van der Waals surface area contributed by atoms with E-state index in [0.29, 0.717) is 22.2 Å². The van der Waals surface area contributed by atoms with Gasteiger partial charge in [0.15, 0.2) is 11.6 Å². The van der Waals surface area contributed by atoms with E-state index in [1.807, 2.05) is 18.2 Å². The van der Waals surface area contributed by atoms with Gasteiger partial charge in [-0.2, -0.15) is 4.98 Å². The molecule has 7 nitrogen and oxygen atoms in total. The number of esters is 1. The highest BCUT2D eigenvalue weighted by atomic mass is 19.1. The largest absolute Gasteiger partial charge is 0.463 e. The summed E-state index contributed by atoms with van der Waals surface area (Å²) in [6, 6.07) is 14.3. The molecule has 8 heteroatoms. The number of hydrogen-bond donors (Lipinski definition) is 2. The molecule has 0 radical (unpaired) electrons. The zero-order chi connectivity index (χ0) is 23.0. The second-order valence-corrected chi connectivity index (χ2v) is 8.41. The van der Waals surface area contributed by atoms with Crippen molar-refractivity contribution in [3.05, 3.63) is 65.7 Å². The van der Waals surface area contributed by atoms with Crippen molar-refractivity contribution in [2.24, 2.45) is 0 Å². The number of benzene rings is 2. The van der Waals surface area contributed by atoms with Gasteiger partial charge in [-0.15, -0.1) is 0 Å². The number of fused-ring (bicyclic) bond motifs is 1. The smallest absolute Gasteiger partial charge is 0.373 e. The number of carbonyl (C=O) groups excluding carboxylic acids is 1. The summed E-state index contributed by atoms with van der Waals surface area (Å²) < 4.78 is 25.0. The molecule has 0 spiro atoms. The Morgan fingerprint density at radius 1 is 1.12 bits per heavy atom. The molecule has 2 heterocycles. The summed E-state index contributed by atoms with van der Waals surface area (Å²) in [7, 11) is 1.29. The van der Waals surface area contributed by atoms with Crippen molar-refractivity contribution in [1.29, 1.82) is 0 Å². The van der Waals surface area contributed by atoms with E-state index in [1.54, 1.807) is 30.3 Å². The highest BCUT2D eigenvalue weighted by Gasteiger charge is 2.19. The number of ether oxygens (including phenoxy) is 1. The minimum atomic E-state index is -0.672. The van der Waals surface area contributed by atoms with Crippen LogP contribution in [0.5, 0.6) is 0 Å². The Kier molecular flexibility index (Phi) is 5.30. The van der Waals surface area contributed by atoms with Gasteiger partial charge in [0.05, 0.1) is 7.11 Å². The van der Waals surface area contributed by atoms with Gasteiger partial charge in [0.2, 0.25) is 11.7 Å². The molecule has 0 fully saturated rings. The van der Waals surface area contributed by atoms with Crippen LogP contribution < -0.4 is 11.1 Å². The molecule has 0 saturated heterocycles. The lowest BCUT2D eigenvalue weighted by Gasteiger charge is -2.20. The minimum absolute atomic E-state index is 0.0999. The number of methoxy groups -OCH3 is 1. The Bertz CT molecular complexity index is 1320. The van der Waals surface area contributed by atoms with Gasteiger partial charge in [-0.3, -0.25) is 0 Å². The van der Waals surface area contributed by atoms with Crippen molar-refractivity contribution in [3.63, 3.8) is 0 Å². The van der Waals surface area contributed by atoms with Gasteiger partial charge in [-0.1, -0.05) is 39.0 Å². The van der Waals surface area contributed by atoms with Crippen molar-refractivity contribution in [2.45, 2.75) is 26.2 Å². The van der Waals surface area contributed by atoms with Gasteiger partial charge >= 0.3 is 5.97 Å². The number of nitrogens with one attached hydrogen (secondary N) is 1. The Labute approximate surface area is 184 Å². The van der Waals surface area contributed by atoms with Crippen LogP contribution in [0, 0.1) is 5.82 Å². The summed E-state index contributed by atoms with van der Waals surface area (Å²) in [5, 5.41) is 3.73. The van der Waals surface area contributed by atoms with Gasteiger partial charge < -0.3 is 20.2 Å². The summed E-state index contributed by atoms with van der Waals surface area (Å²) in [5.74, 6) is -1.24. The second-order valence-electron chi connectivity index (χ2n) is 8.41. The molecule has 0 atom stereocenters. The highest BCUT2D eigenvalue weighted by molar-refractivity contribution is 5.93. The van der Waals surface area contributed by atoms with Crippen molar-refractivity contribution < 1.29 is 18.3 Å². The third kappa shape index (κ3) is 4.12. The van der Waals surface area contributed by atoms with Crippen molar-refractivity contribution in [1.82, 2.24) is 9.97 Å². The van der Waals surface area contributed by atoms with E-state index in [0.717, 1.165) is 5.56 Å². The van der Waals surface area contributed by atoms with Crippen molar-refractivity contribution >= 4 is 34.4 Å². The van der Waals surface area contributed by atoms with E-state index in [9.17, 15) is 9.18 Å². The zero-order valence-electron chi connectivity index (χ0n) is 18.2. The Balaban J connectivity index is 1.70. The molecule has 0 aliphatic rings. The predicted octanol–water partition coefficient (Wildman–Crippen LogP) is 5.44. The van der Waals surface area contributed by atoms with Crippen LogP contribution in [0.4, 0.5) is 21.8 Å². The maximum Gasteiger partial charge on any atom is 0.373 e. The van der Waals surface area contributed by atoms with Crippen LogP contribution in [-0.2, 0) is 10.2 Å². The molecule has 0 amide bonds. The van der Waals surface area contributed by atoms with Crippen LogP contribution >= 0.6 is 0 Å². The third-order valence-electron chi connectivity index (χ3n) is 5.04. The fourth-order valence-electron chi connectivity index (χ4n) is 3.30. The summed E-state index contributed by atoms with van der Waals surface area (Å²) in [6.45, 7) is 6.25. The minimum Gasteiger partial charge on any atom is -0.463 e. The fourth-order valence-corrected chi connectivity index (χ4v) is 3.30. The number of aromatic nitrogens is 2.